The van der Waals surface area contributed by atoms with Gasteiger partial charge < -0.3 is 9.84 Å². The molecule has 2 aliphatic rings. The zero-order valence-electron chi connectivity index (χ0n) is 14.2. The summed E-state index contributed by atoms with van der Waals surface area (Å²) in [6.07, 6.45) is 5.64. The molecule has 8 heteroatoms. The normalized spacial score (nSPS) is 27.6. The first-order valence-electron chi connectivity index (χ1n) is 8.27. The molecule has 2 fully saturated rings. The van der Waals surface area contributed by atoms with Gasteiger partial charge in [-0.1, -0.05) is 19.8 Å². The fourth-order valence-corrected chi connectivity index (χ4v) is 4.06. The summed E-state index contributed by atoms with van der Waals surface area (Å²) in [4.78, 5) is 22.6. The van der Waals surface area contributed by atoms with Crippen molar-refractivity contribution in [2.45, 2.75) is 32.6 Å². The van der Waals surface area contributed by atoms with Gasteiger partial charge in [-0.15, -0.1) is 0 Å². The minimum atomic E-state index is -0.705. The number of phenolic OH excluding ortho intramolecular Hbond substituents is 1. The van der Waals surface area contributed by atoms with Crippen molar-refractivity contribution < 1.29 is 19.6 Å². The van der Waals surface area contributed by atoms with Crippen LogP contribution in [0.2, 0.25) is 0 Å². The number of nitrogens with one attached hydrogen (secondary N) is 1. The molecule has 0 aromatic heterocycles. The fraction of sp³-hybridized carbons (Fsp3) is 0.529. The molecule has 3 rings (SSSR count). The van der Waals surface area contributed by atoms with Crippen LogP contribution in [0.5, 0.6) is 11.5 Å². The van der Waals surface area contributed by atoms with Gasteiger partial charge in [-0.2, -0.15) is 5.10 Å². The van der Waals surface area contributed by atoms with E-state index in [4.69, 9.17) is 4.74 Å². The van der Waals surface area contributed by atoms with Crippen LogP contribution in [0, 0.1) is 27.4 Å². The summed E-state index contributed by atoms with van der Waals surface area (Å²) < 4.78 is 4.99. The van der Waals surface area contributed by atoms with Gasteiger partial charge >= 0.3 is 5.69 Å². The standard InChI is InChI=1S/C17H21N3O5/c1-17-6-4-3-5-12(17)14(17)16(22)19-18-9-10-7-11(25-2)8-13(15(10)21)20(23)24/h7-9,12,14,21H,3-6H2,1-2H3,(H,19,22)/b18-9-/t12-,14-,17-/m0/s1. The Morgan fingerprint density at radius 2 is 2.28 bits per heavy atom. The predicted octanol–water partition coefficient (Wildman–Crippen LogP) is 2.59. The minimum absolute atomic E-state index is 0.0274. The summed E-state index contributed by atoms with van der Waals surface area (Å²) in [5.41, 5.74) is 2.20. The van der Waals surface area contributed by atoms with E-state index in [0.29, 0.717) is 5.92 Å². The van der Waals surface area contributed by atoms with Crippen molar-refractivity contribution in [3.05, 3.63) is 27.8 Å². The van der Waals surface area contributed by atoms with Crippen LogP contribution in [0.3, 0.4) is 0 Å². The molecule has 134 valence electrons. The molecule has 0 radical (unpaired) electrons. The van der Waals surface area contributed by atoms with Crippen LogP contribution in [0.1, 0.15) is 38.2 Å². The van der Waals surface area contributed by atoms with Crippen molar-refractivity contribution in [1.29, 1.82) is 0 Å². The number of hydrogen-bond acceptors (Lipinski definition) is 6. The zero-order chi connectivity index (χ0) is 18.2. The second kappa shape index (κ2) is 6.34. The smallest absolute Gasteiger partial charge is 0.315 e. The molecule has 0 aliphatic heterocycles. The average molecular weight is 347 g/mol. The lowest BCUT2D eigenvalue weighted by atomic mass is 9.90. The monoisotopic (exact) mass is 347 g/mol. The molecule has 1 aromatic rings. The number of carbonyl (C=O) groups excluding carboxylic acids is 1. The largest absolute Gasteiger partial charge is 0.502 e. The maximum Gasteiger partial charge on any atom is 0.315 e. The lowest BCUT2D eigenvalue weighted by Gasteiger charge is -2.15. The van der Waals surface area contributed by atoms with E-state index >= 15 is 0 Å². The molecule has 1 aromatic carbocycles. The van der Waals surface area contributed by atoms with Crippen molar-refractivity contribution in [2.75, 3.05) is 7.11 Å². The molecule has 0 unspecified atom stereocenters. The average Bonchev–Trinajstić information content (AvgIpc) is 3.21. The SMILES string of the molecule is COc1cc(/C=N\NC(=O)[C@@H]2[C@@H]3CCCC[C@]23C)c(O)c([N+](=O)[O-])c1. The van der Waals surface area contributed by atoms with E-state index in [9.17, 15) is 20.0 Å². The Morgan fingerprint density at radius 1 is 1.52 bits per heavy atom. The van der Waals surface area contributed by atoms with Gasteiger partial charge in [0.2, 0.25) is 11.7 Å². The predicted molar refractivity (Wildman–Crippen MR) is 90.6 cm³/mol. The third-order valence-corrected chi connectivity index (χ3v) is 5.52. The summed E-state index contributed by atoms with van der Waals surface area (Å²) in [5.74, 6) is -0.0421. The van der Waals surface area contributed by atoms with E-state index in [1.54, 1.807) is 0 Å². The van der Waals surface area contributed by atoms with Gasteiger partial charge in [0.05, 0.1) is 24.3 Å². The number of hydrogen-bond donors (Lipinski definition) is 2. The van der Waals surface area contributed by atoms with Crippen molar-refractivity contribution in [3.8, 4) is 11.5 Å². The lowest BCUT2D eigenvalue weighted by Crippen LogP contribution is -2.22. The third-order valence-electron chi connectivity index (χ3n) is 5.52. The maximum atomic E-state index is 12.3. The molecule has 2 N–H and O–H groups in total. The van der Waals surface area contributed by atoms with Gasteiger partial charge in [0, 0.05) is 11.5 Å². The molecule has 2 saturated carbocycles. The number of methoxy groups -OCH3 is 1. The molecular weight excluding hydrogens is 326 g/mol. The molecule has 3 atom stereocenters. The number of rotatable bonds is 5. The number of nitro benzene ring substituents is 1. The highest BCUT2D eigenvalue weighted by atomic mass is 16.6. The number of phenols is 1. The van der Waals surface area contributed by atoms with Crippen molar-refractivity contribution >= 4 is 17.8 Å². The summed E-state index contributed by atoms with van der Waals surface area (Å²) in [6.45, 7) is 2.14. The van der Waals surface area contributed by atoms with Crippen molar-refractivity contribution in [3.63, 3.8) is 0 Å². The number of aromatic hydroxyl groups is 1. The first-order chi connectivity index (χ1) is 11.9. The molecule has 1 amide bonds. The highest BCUT2D eigenvalue weighted by Crippen LogP contribution is 2.66. The molecule has 2 aliphatic carbocycles. The second-order valence-corrected chi connectivity index (χ2v) is 6.91. The summed E-state index contributed by atoms with van der Waals surface area (Å²) in [5, 5.41) is 24.8. The van der Waals surface area contributed by atoms with E-state index in [0.717, 1.165) is 31.7 Å². The number of nitrogens with zero attached hydrogens (tertiary/aromatic N) is 2. The number of carbonyl (C=O) groups is 1. The highest BCUT2D eigenvalue weighted by Gasteiger charge is 2.64. The van der Waals surface area contributed by atoms with E-state index in [2.05, 4.69) is 17.5 Å². The van der Waals surface area contributed by atoms with Crippen LogP contribution in [-0.2, 0) is 4.79 Å². The van der Waals surface area contributed by atoms with Crippen LogP contribution in [-0.4, -0.2) is 29.3 Å². The van der Waals surface area contributed by atoms with Crippen LogP contribution < -0.4 is 10.2 Å². The number of benzene rings is 1. The fourth-order valence-electron chi connectivity index (χ4n) is 4.06. The highest BCUT2D eigenvalue weighted by molar-refractivity contribution is 5.89. The summed E-state index contributed by atoms with van der Waals surface area (Å²) >= 11 is 0. The summed E-state index contributed by atoms with van der Waals surface area (Å²) in [7, 11) is 1.37. The van der Waals surface area contributed by atoms with E-state index in [1.165, 1.54) is 19.4 Å². The third kappa shape index (κ3) is 3.04. The Hall–Kier alpha value is -2.64. The Morgan fingerprint density at radius 3 is 2.88 bits per heavy atom. The van der Waals surface area contributed by atoms with Gasteiger partial charge in [0.25, 0.3) is 0 Å². The van der Waals surface area contributed by atoms with Gasteiger partial charge in [0.15, 0.2) is 0 Å². The first-order valence-corrected chi connectivity index (χ1v) is 8.27. The maximum absolute atomic E-state index is 12.3. The molecule has 0 heterocycles. The minimum Gasteiger partial charge on any atom is -0.502 e. The topological polar surface area (TPSA) is 114 Å². The van der Waals surface area contributed by atoms with Crippen LogP contribution in [0.25, 0.3) is 0 Å². The number of ether oxygens (including phenoxy) is 1. The Bertz CT molecular complexity index is 748. The van der Waals surface area contributed by atoms with E-state index in [1.807, 2.05) is 0 Å². The molecule has 0 spiro atoms. The molecule has 0 saturated heterocycles. The lowest BCUT2D eigenvalue weighted by molar-refractivity contribution is -0.385. The van der Waals surface area contributed by atoms with E-state index in [-0.39, 0.29) is 28.6 Å². The van der Waals surface area contributed by atoms with Crippen LogP contribution >= 0.6 is 0 Å². The zero-order valence-corrected chi connectivity index (χ0v) is 14.2. The molecule has 25 heavy (non-hydrogen) atoms. The summed E-state index contributed by atoms with van der Waals surface area (Å²) in [6, 6.07) is 2.54. The Balaban J connectivity index is 1.71. The van der Waals surface area contributed by atoms with Crippen LogP contribution in [0.15, 0.2) is 17.2 Å². The number of nitro groups is 1. The van der Waals surface area contributed by atoms with Crippen molar-refractivity contribution in [2.24, 2.45) is 22.4 Å². The van der Waals surface area contributed by atoms with E-state index < -0.39 is 16.4 Å². The Kier molecular flexibility index (Phi) is 4.36. The molecular formula is C17H21N3O5. The van der Waals surface area contributed by atoms with Gasteiger partial charge in [-0.05, 0) is 30.2 Å². The van der Waals surface area contributed by atoms with Gasteiger partial charge in [0.1, 0.15) is 5.75 Å². The van der Waals surface area contributed by atoms with Gasteiger partial charge in [-0.25, -0.2) is 5.43 Å². The molecule has 0 bridgehead atoms. The second-order valence-electron chi connectivity index (χ2n) is 6.91. The number of fused-ring (bicyclic) bond motifs is 1. The quantitative estimate of drug-likeness (QED) is 0.483. The number of amides is 1. The van der Waals surface area contributed by atoms with Crippen molar-refractivity contribution in [1.82, 2.24) is 5.43 Å². The Labute approximate surface area is 145 Å². The van der Waals surface area contributed by atoms with Gasteiger partial charge in [-0.3, -0.25) is 14.9 Å². The molecule has 8 nitrogen and oxygen atoms in total. The number of hydrazone groups is 1. The van der Waals surface area contributed by atoms with Crippen LogP contribution in [0.4, 0.5) is 5.69 Å². The first kappa shape index (κ1) is 17.2.